The van der Waals surface area contributed by atoms with Gasteiger partial charge in [0, 0.05) is 25.5 Å². The van der Waals surface area contributed by atoms with Crippen LogP contribution in [0.4, 0.5) is 5.69 Å². The van der Waals surface area contributed by atoms with Crippen LogP contribution in [0.3, 0.4) is 0 Å². The van der Waals surface area contributed by atoms with Gasteiger partial charge in [-0.2, -0.15) is 0 Å². The molecule has 2 heterocycles. The van der Waals surface area contributed by atoms with Crippen LogP contribution in [-0.2, 0) is 0 Å². The minimum Gasteiger partial charge on any atom is -0.478 e. The highest BCUT2D eigenvalue weighted by atomic mass is 16.4. The maximum absolute atomic E-state index is 11.2. The van der Waals surface area contributed by atoms with E-state index < -0.39 is 5.97 Å². The molecule has 98 valence electrons. The van der Waals surface area contributed by atoms with Gasteiger partial charge >= 0.3 is 5.97 Å². The zero-order valence-corrected chi connectivity index (χ0v) is 11.0. The van der Waals surface area contributed by atoms with Gasteiger partial charge < -0.3 is 10.0 Å². The zero-order chi connectivity index (χ0) is 13.2. The van der Waals surface area contributed by atoms with E-state index in [1.165, 1.54) is 12.6 Å². The summed E-state index contributed by atoms with van der Waals surface area (Å²) in [4.78, 5) is 17.3. The number of aromatic nitrogens is 1. The number of carbonyl (C=O) groups is 1. The number of anilines is 1. The van der Waals surface area contributed by atoms with Gasteiger partial charge in [-0.25, -0.2) is 4.79 Å². The predicted octanol–water partition coefficient (Wildman–Crippen LogP) is 2.80. The lowest BCUT2D eigenvalue weighted by atomic mass is 9.85. The monoisotopic (exact) mass is 248 g/mol. The van der Waals surface area contributed by atoms with Crippen molar-refractivity contribution < 1.29 is 9.90 Å². The minimum atomic E-state index is -0.901. The Morgan fingerprint density at radius 3 is 2.89 bits per heavy atom. The van der Waals surface area contributed by atoms with Gasteiger partial charge in [0.05, 0.1) is 5.69 Å². The highest BCUT2D eigenvalue weighted by Gasteiger charge is 2.25. The summed E-state index contributed by atoms with van der Waals surface area (Å²) in [6.07, 6.45) is 6.49. The SMILES string of the molecule is CC1(C)CCCN(c2ccncc2C(=O)O)CC1. The summed E-state index contributed by atoms with van der Waals surface area (Å²) in [6.45, 7) is 6.40. The summed E-state index contributed by atoms with van der Waals surface area (Å²) in [6, 6.07) is 1.81. The molecule has 1 aromatic heterocycles. The van der Waals surface area contributed by atoms with E-state index in [1.807, 2.05) is 6.07 Å². The first-order valence-electron chi connectivity index (χ1n) is 6.42. The van der Waals surface area contributed by atoms with Crippen LogP contribution in [0.25, 0.3) is 0 Å². The van der Waals surface area contributed by atoms with Crippen LogP contribution < -0.4 is 4.90 Å². The maximum Gasteiger partial charge on any atom is 0.339 e. The molecule has 2 rings (SSSR count). The van der Waals surface area contributed by atoms with Gasteiger partial charge in [-0.15, -0.1) is 0 Å². The number of rotatable bonds is 2. The van der Waals surface area contributed by atoms with Crippen LogP contribution in [0, 0.1) is 5.41 Å². The smallest absolute Gasteiger partial charge is 0.339 e. The predicted molar refractivity (Wildman–Crippen MR) is 71.0 cm³/mol. The Morgan fingerprint density at radius 2 is 2.17 bits per heavy atom. The van der Waals surface area contributed by atoms with Crippen LogP contribution in [0.15, 0.2) is 18.5 Å². The van der Waals surface area contributed by atoms with Crippen molar-refractivity contribution in [2.75, 3.05) is 18.0 Å². The number of carboxylic acid groups (broad SMARTS) is 1. The molecular weight excluding hydrogens is 228 g/mol. The number of carboxylic acids is 1. The average Bonchev–Trinajstić information content (AvgIpc) is 2.50. The van der Waals surface area contributed by atoms with Gasteiger partial charge in [-0.3, -0.25) is 4.98 Å². The van der Waals surface area contributed by atoms with Crippen molar-refractivity contribution in [1.29, 1.82) is 0 Å². The van der Waals surface area contributed by atoms with Crippen LogP contribution >= 0.6 is 0 Å². The highest BCUT2D eigenvalue weighted by Crippen LogP contribution is 2.32. The summed E-state index contributed by atoms with van der Waals surface area (Å²) < 4.78 is 0. The molecule has 0 spiro atoms. The van der Waals surface area contributed by atoms with E-state index in [9.17, 15) is 9.90 Å². The van der Waals surface area contributed by atoms with Crippen molar-refractivity contribution >= 4 is 11.7 Å². The first-order valence-corrected chi connectivity index (χ1v) is 6.42. The summed E-state index contributed by atoms with van der Waals surface area (Å²) in [5.74, 6) is -0.901. The lowest BCUT2D eigenvalue weighted by Gasteiger charge is -2.25. The van der Waals surface area contributed by atoms with E-state index in [2.05, 4.69) is 23.7 Å². The van der Waals surface area contributed by atoms with Crippen LogP contribution in [0.5, 0.6) is 0 Å². The van der Waals surface area contributed by atoms with E-state index in [0.717, 1.165) is 31.6 Å². The second kappa shape index (κ2) is 4.96. The molecule has 1 aliphatic heterocycles. The molecule has 0 atom stereocenters. The zero-order valence-electron chi connectivity index (χ0n) is 11.0. The van der Waals surface area contributed by atoms with Crippen LogP contribution in [-0.4, -0.2) is 29.1 Å². The van der Waals surface area contributed by atoms with Gasteiger partial charge in [0.2, 0.25) is 0 Å². The van der Waals surface area contributed by atoms with Gasteiger partial charge in [-0.1, -0.05) is 13.8 Å². The normalized spacial score (nSPS) is 19.3. The molecule has 0 unspecified atom stereocenters. The lowest BCUT2D eigenvalue weighted by molar-refractivity contribution is 0.0697. The number of aromatic carboxylic acids is 1. The summed E-state index contributed by atoms with van der Waals surface area (Å²) in [5, 5.41) is 9.20. The van der Waals surface area contributed by atoms with Crippen LogP contribution in [0.2, 0.25) is 0 Å². The van der Waals surface area contributed by atoms with Gasteiger partial charge in [0.25, 0.3) is 0 Å². The van der Waals surface area contributed by atoms with E-state index in [-0.39, 0.29) is 0 Å². The van der Waals surface area contributed by atoms with E-state index in [1.54, 1.807) is 6.20 Å². The molecule has 0 aromatic carbocycles. The molecule has 4 heteroatoms. The molecule has 0 amide bonds. The molecule has 0 radical (unpaired) electrons. The van der Waals surface area contributed by atoms with Crippen LogP contribution in [0.1, 0.15) is 43.5 Å². The topological polar surface area (TPSA) is 53.4 Å². The number of pyridine rings is 1. The van der Waals surface area contributed by atoms with Gasteiger partial charge in [-0.05, 0) is 30.7 Å². The van der Waals surface area contributed by atoms with E-state index >= 15 is 0 Å². The first-order chi connectivity index (χ1) is 8.49. The Labute approximate surface area is 108 Å². The van der Waals surface area contributed by atoms with Crippen molar-refractivity contribution in [3.8, 4) is 0 Å². The fourth-order valence-electron chi connectivity index (χ4n) is 2.49. The van der Waals surface area contributed by atoms with Crippen molar-refractivity contribution in [1.82, 2.24) is 4.98 Å². The van der Waals surface area contributed by atoms with Crippen molar-refractivity contribution in [2.45, 2.75) is 33.1 Å². The van der Waals surface area contributed by atoms with Crippen molar-refractivity contribution in [3.05, 3.63) is 24.0 Å². The van der Waals surface area contributed by atoms with Crippen molar-refractivity contribution in [3.63, 3.8) is 0 Å². The van der Waals surface area contributed by atoms with E-state index in [0.29, 0.717) is 11.0 Å². The first kappa shape index (κ1) is 12.9. The van der Waals surface area contributed by atoms with Gasteiger partial charge in [0.15, 0.2) is 0 Å². The molecule has 4 nitrogen and oxygen atoms in total. The maximum atomic E-state index is 11.2. The number of hydrogen-bond donors (Lipinski definition) is 1. The number of hydrogen-bond acceptors (Lipinski definition) is 3. The third kappa shape index (κ3) is 2.81. The summed E-state index contributed by atoms with van der Waals surface area (Å²) in [7, 11) is 0. The van der Waals surface area contributed by atoms with Crippen molar-refractivity contribution in [2.24, 2.45) is 5.41 Å². The molecule has 1 saturated heterocycles. The average molecular weight is 248 g/mol. The van der Waals surface area contributed by atoms with Gasteiger partial charge in [0.1, 0.15) is 5.56 Å². The molecule has 0 aliphatic carbocycles. The lowest BCUT2D eigenvalue weighted by Crippen LogP contribution is -2.26. The third-order valence-electron chi connectivity index (χ3n) is 3.71. The molecule has 0 saturated carbocycles. The Balaban J connectivity index is 2.24. The number of nitrogens with zero attached hydrogens (tertiary/aromatic N) is 2. The largest absolute Gasteiger partial charge is 0.478 e. The molecular formula is C14H20N2O2. The molecule has 1 N–H and O–H groups in total. The standard InChI is InChI=1S/C14H20N2O2/c1-14(2)5-3-8-16(9-6-14)12-4-7-15-10-11(12)13(17)18/h4,7,10H,3,5-6,8-9H2,1-2H3,(H,17,18). The molecule has 0 bridgehead atoms. The fraction of sp³-hybridized carbons (Fsp3) is 0.571. The Bertz CT molecular complexity index is 443. The summed E-state index contributed by atoms with van der Waals surface area (Å²) >= 11 is 0. The molecule has 1 aromatic rings. The minimum absolute atomic E-state index is 0.303. The molecule has 18 heavy (non-hydrogen) atoms. The summed E-state index contributed by atoms with van der Waals surface area (Å²) in [5.41, 5.74) is 1.46. The Morgan fingerprint density at radius 1 is 1.39 bits per heavy atom. The molecule has 1 aliphatic rings. The van der Waals surface area contributed by atoms with E-state index in [4.69, 9.17) is 0 Å². The fourth-order valence-corrected chi connectivity index (χ4v) is 2.49. The third-order valence-corrected chi connectivity index (χ3v) is 3.71. The Hall–Kier alpha value is -1.58. The second-order valence-electron chi connectivity index (χ2n) is 5.70. The quantitative estimate of drug-likeness (QED) is 0.874. The second-order valence-corrected chi connectivity index (χ2v) is 5.70. The highest BCUT2D eigenvalue weighted by molar-refractivity contribution is 5.94. The Kier molecular flexibility index (Phi) is 3.55. The molecule has 1 fully saturated rings.